The van der Waals surface area contributed by atoms with Crippen molar-refractivity contribution in [3.8, 4) is 5.75 Å². The van der Waals surface area contributed by atoms with E-state index in [9.17, 15) is 10.1 Å². The summed E-state index contributed by atoms with van der Waals surface area (Å²) in [7, 11) is 1.47. The minimum atomic E-state index is -0.452. The van der Waals surface area contributed by atoms with Gasteiger partial charge in [-0.15, -0.1) is 6.58 Å². The molecule has 0 aliphatic heterocycles. The number of hydrogen-bond donors (Lipinski definition) is 1. The zero-order valence-corrected chi connectivity index (χ0v) is 9.27. The molecule has 1 aromatic carbocycles. The molecule has 1 atom stereocenters. The number of nitrogens with one attached hydrogen (secondary N) is 1. The lowest BCUT2D eigenvalue weighted by Gasteiger charge is -2.11. The molecule has 1 aromatic rings. The SMILES string of the molecule is C=CC(C)Nc1cc(OC)cc([N+](=O)[O-])c1. The molecule has 0 radical (unpaired) electrons. The van der Waals surface area contributed by atoms with Gasteiger partial charge in [0.25, 0.3) is 5.69 Å². The van der Waals surface area contributed by atoms with E-state index in [-0.39, 0.29) is 11.7 Å². The first-order valence-corrected chi connectivity index (χ1v) is 4.79. The van der Waals surface area contributed by atoms with Gasteiger partial charge in [0.2, 0.25) is 0 Å². The molecule has 16 heavy (non-hydrogen) atoms. The molecule has 86 valence electrons. The van der Waals surface area contributed by atoms with E-state index in [4.69, 9.17) is 4.74 Å². The Hall–Kier alpha value is -2.04. The highest BCUT2D eigenvalue weighted by Crippen LogP contribution is 2.26. The Kier molecular flexibility index (Phi) is 3.88. The summed E-state index contributed by atoms with van der Waals surface area (Å²) in [5.41, 5.74) is 0.636. The van der Waals surface area contributed by atoms with Crippen LogP contribution < -0.4 is 10.1 Å². The number of non-ortho nitro benzene ring substituents is 1. The molecule has 0 aliphatic carbocycles. The molecule has 0 aromatic heterocycles. The van der Waals surface area contributed by atoms with Crippen molar-refractivity contribution in [3.05, 3.63) is 41.0 Å². The van der Waals surface area contributed by atoms with Crippen LogP contribution in [0.25, 0.3) is 0 Å². The highest BCUT2D eigenvalue weighted by Gasteiger charge is 2.10. The van der Waals surface area contributed by atoms with E-state index in [1.54, 1.807) is 12.1 Å². The van der Waals surface area contributed by atoms with E-state index < -0.39 is 4.92 Å². The number of hydrogen-bond acceptors (Lipinski definition) is 4. The van der Waals surface area contributed by atoms with Gasteiger partial charge < -0.3 is 10.1 Å². The van der Waals surface area contributed by atoms with Gasteiger partial charge in [0, 0.05) is 23.9 Å². The first-order valence-electron chi connectivity index (χ1n) is 4.79. The number of nitro benzene ring substituents is 1. The van der Waals surface area contributed by atoms with Crippen LogP contribution in [0, 0.1) is 10.1 Å². The van der Waals surface area contributed by atoms with Crippen molar-refractivity contribution in [2.24, 2.45) is 0 Å². The summed E-state index contributed by atoms with van der Waals surface area (Å²) in [6.45, 7) is 5.53. The maximum absolute atomic E-state index is 10.7. The number of nitrogens with zero attached hydrogens (tertiary/aromatic N) is 1. The van der Waals surface area contributed by atoms with Crippen LogP contribution in [-0.2, 0) is 0 Å². The normalized spacial score (nSPS) is 11.6. The highest BCUT2D eigenvalue weighted by atomic mass is 16.6. The molecule has 0 bridgehead atoms. The van der Waals surface area contributed by atoms with Crippen LogP contribution in [0.1, 0.15) is 6.92 Å². The molecule has 1 N–H and O–H groups in total. The van der Waals surface area contributed by atoms with Crippen LogP contribution in [0.5, 0.6) is 5.75 Å². The van der Waals surface area contributed by atoms with Crippen molar-refractivity contribution in [1.82, 2.24) is 0 Å². The molecule has 0 aliphatic rings. The number of benzene rings is 1. The van der Waals surface area contributed by atoms with Crippen LogP contribution in [0.15, 0.2) is 30.9 Å². The van der Waals surface area contributed by atoms with Gasteiger partial charge in [0.05, 0.1) is 18.1 Å². The van der Waals surface area contributed by atoms with Crippen molar-refractivity contribution < 1.29 is 9.66 Å². The maximum atomic E-state index is 10.7. The number of ether oxygens (including phenoxy) is 1. The summed E-state index contributed by atoms with van der Waals surface area (Å²) in [5.74, 6) is 0.452. The number of nitro groups is 1. The summed E-state index contributed by atoms with van der Waals surface area (Å²) < 4.78 is 4.99. The quantitative estimate of drug-likeness (QED) is 0.472. The summed E-state index contributed by atoms with van der Waals surface area (Å²) in [6.07, 6.45) is 1.71. The molecule has 0 fully saturated rings. The van der Waals surface area contributed by atoms with Crippen molar-refractivity contribution in [3.63, 3.8) is 0 Å². The predicted octanol–water partition coefficient (Wildman–Crippen LogP) is 2.59. The van der Waals surface area contributed by atoms with Gasteiger partial charge in [-0.25, -0.2) is 0 Å². The third-order valence-corrected chi connectivity index (χ3v) is 2.09. The first-order chi connectivity index (χ1) is 7.56. The van der Waals surface area contributed by atoms with Gasteiger partial charge in [-0.1, -0.05) is 6.08 Å². The number of anilines is 1. The van der Waals surface area contributed by atoms with E-state index in [1.165, 1.54) is 19.2 Å². The topological polar surface area (TPSA) is 64.4 Å². The Morgan fingerprint density at radius 1 is 1.56 bits per heavy atom. The van der Waals surface area contributed by atoms with Gasteiger partial charge in [0.1, 0.15) is 5.75 Å². The molecule has 0 saturated heterocycles. The van der Waals surface area contributed by atoms with E-state index in [2.05, 4.69) is 11.9 Å². The summed E-state index contributed by atoms with van der Waals surface area (Å²) in [4.78, 5) is 10.2. The van der Waals surface area contributed by atoms with E-state index in [0.29, 0.717) is 11.4 Å². The summed E-state index contributed by atoms with van der Waals surface area (Å²) in [5, 5.41) is 13.7. The Bertz CT molecular complexity index is 404. The van der Waals surface area contributed by atoms with Crippen LogP contribution >= 0.6 is 0 Å². The molecule has 0 amide bonds. The van der Waals surface area contributed by atoms with Crippen LogP contribution in [0.2, 0.25) is 0 Å². The Labute approximate surface area is 93.9 Å². The molecule has 0 spiro atoms. The van der Waals surface area contributed by atoms with Gasteiger partial charge in [-0.3, -0.25) is 10.1 Å². The average Bonchev–Trinajstić information content (AvgIpc) is 2.28. The van der Waals surface area contributed by atoms with Crippen LogP contribution in [0.3, 0.4) is 0 Å². The lowest BCUT2D eigenvalue weighted by Crippen LogP contribution is -2.11. The second-order valence-corrected chi connectivity index (χ2v) is 3.35. The van der Waals surface area contributed by atoms with Gasteiger partial charge in [-0.05, 0) is 6.92 Å². The zero-order valence-electron chi connectivity index (χ0n) is 9.27. The molecule has 0 saturated carbocycles. The standard InChI is InChI=1S/C11H14N2O3/c1-4-8(2)12-9-5-10(13(14)15)7-11(6-9)16-3/h4-8,12H,1H2,2-3H3. The average molecular weight is 222 g/mol. The fraction of sp³-hybridized carbons (Fsp3) is 0.273. The van der Waals surface area contributed by atoms with E-state index in [1.807, 2.05) is 6.92 Å². The number of rotatable bonds is 5. The Morgan fingerprint density at radius 3 is 2.75 bits per heavy atom. The van der Waals surface area contributed by atoms with Crippen molar-refractivity contribution in [2.45, 2.75) is 13.0 Å². The smallest absolute Gasteiger partial charge is 0.275 e. The second kappa shape index (κ2) is 5.16. The molecular weight excluding hydrogens is 208 g/mol. The predicted molar refractivity (Wildman–Crippen MR) is 62.9 cm³/mol. The van der Waals surface area contributed by atoms with Gasteiger partial charge in [0.15, 0.2) is 0 Å². The van der Waals surface area contributed by atoms with Gasteiger partial charge >= 0.3 is 0 Å². The van der Waals surface area contributed by atoms with Crippen molar-refractivity contribution in [1.29, 1.82) is 0 Å². The third-order valence-electron chi connectivity index (χ3n) is 2.09. The summed E-state index contributed by atoms with van der Waals surface area (Å²) in [6, 6.07) is 4.57. The lowest BCUT2D eigenvalue weighted by molar-refractivity contribution is -0.384. The Morgan fingerprint density at radius 2 is 2.25 bits per heavy atom. The van der Waals surface area contributed by atoms with Crippen molar-refractivity contribution >= 4 is 11.4 Å². The zero-order chi connectivity index (χ0) is 12.1. The fourth-order valence-electron chi connectivity index (χ4n) is 1.21. The lowest BCUT2D eigenvalue weighted by atomic mass is 10.2. The molecule has 5 heteroatoms. The summed E-state index contributed by atoms with van der Waals surface area (Å²) >= 11 is 0. The fourth-order valence-corrected chi connectivity index (χ4v) is 1.21. The minimum absolute atomic E-state index is 0.00175. The molecule has 1 unspecified atom stereocenters. The van der Waals surface area contributed by atoms with E-state index in [0.717, 1.165) is 0 Å². The molecular formula is C11H14N2O3. The largest absolute Gasteiger partial charge is 0.496 e. The maximum Gasteiger partial charge on any atom is 0.275 e. The third kappa shape index (κ3) is 2.98. The van der Waals surface area contributed by atoms with E-state index >= 15 is 0 Å². The monoisotopic (exact) mass is 222 g/mol. The highest BCUT2D eigenvalue weighted by molar-refractivity contribution is 5.57. The number of methoxy groups -OCH3 is 1. The molecule has 0 heterocycles. The van der Waals surface area contributed by atoms with Crippen molar-refractivity contribution in [2.75, 3.05) is 12.4 Å². The van der Waals surface area contributed by atoms with Crippen LogP contribution in [0.4, 0.5) is 11.4 Å². The minimum Gasteiger partial charge on any atom is -0.496 e. The Balaban J connectivity index is 3.03. The molecule has 5 nitrogen and oxygen atoms in total. The first kappa shape index (κ1) is 12.0. The second-order valence-electron chi connectivity index (χ2n) is 3.35. The molecule has 1 rings (SSSR count). The van der Waals surface area contributed by atoms with Crippen LogP contribution in [-0.4, -0.2) is 18.1 Å². The van der Waals surface area contributed by atoms with Gasteiger partial charge in [-0.2, -0.15) is 0 Å².